The molecule has 11 heavy (non-hydrogen) atoms. The van der Waals surface area contributed by atoms with Crippen molar-refractivity contribution >= 4 is 11.5 Å². The van der Waals surface area contributed by atoms with Crippen molar-refractivity contribution in [2.45, 2.75) is 20.0 Å². The highest BCUT2D eigenvalue weighted by Gasteiger charge is 2.29. The highest BCUT2D eigenvalue weighted by Crippen LogP contribution is 2.18. The van der Waals surface area contributed by atoms with Gasteiger partial charge in [0.25, 0.3) is 0 Å². The molecular formula is C7H7F2NO. The fourth-order valence-corrected chi connectivity index (χ4v) is 0.850. The molecule has 1 atom stereocenters. The third kappa shape index (κ3) is 1.20. The molecule has 0 N–H and O–H groups in total. The smallest absolute Gasteiger partial charge is 0.232 e. The first-order chi connectivity index (χ1) is 5.04. The first kappa shape index (κ1) is 8.04. The summed E-state index contributed by atoms with van der Waals surface area (Å²) in [6.45, 7) is 2.70. The number of halogens is 2. The number of Topliss-reactive ketones (excluding diaryl/α,β-unsaturated/α-hetero) is 1. The van der Waals surface area contributed by atoms with E-state index in [1.165, 1.54) is 13.8 Å². The summed E-state index contributed by atoms with van der Waals surface area (Å²) < 4.78 is 25.2. The van der Waals surface area contributed by atoms with E-state index in [1.807, 2.05) is 0 Å². The van der Waals surface area contributed by atoms with Crippen molar-refractivity contribution < 1.29 is 13.6 Å². The fraction of sp³-hybridized carbons (Fsp3) is 0.429. The molecule has 0 aromatic heterocycles. The molecule has 1 aliphatic rings. The number of hydrogen-bond donors (Lipinski definition) is 0. The van der Waals surface area contributed by atoms with Crippen LogP contribution in [0, 0.1) is 0 Å². The average molecular weight is 159 g/mol. The predicted molar refractivity (Wildman–Crippen MR) is 36.8 cm³/mol. The number of allylic oxidation sites excluding steroid dienone is 2. The van der Waals surface area contributed by atoms with Gasteiger partial charge in [0.2, 0.25) is 12.0 Å². The summed E-state index contributed by atoms with van der Waals surface area (Å²) in [4.78, 5) is 14.2. The van der Waals surface area contributed by atoms with Gasteiger partial charge in [0.1, 0.15) is 0 Å². The van der Waals surface area contributed by atoms with Crippen LogP contribution in [0.5, 0.6) is 0 Å². The topological polar surface area (TPSA) is 29.4 Å². The van der Waals surface area contributed by atoms with Gasteiger partial charge in [0.15, 0.2) is 5.83 Å². The van der Waals surface area contributed by atoms with E-state index in [0.717, 1.165) is 0 Å². The zero-order chi connectivity index (χ0) is 8.59. The lowest BCUT2D eigenvalue weighted by Gasteiger charge is -2.11. The van der Waals surface area contributed by atoms with Crippen LogP contribution in [0.15, 0.2) is 16.5 Å². The van der Waals surface area contributed by atoms with Crippen LogP contribution in [0.1, 0.15) is 13.8 Å². The minimum absolute atomic E-state index is 0.0221. The van der Waals surface area contributed by atoms with E-state index in [-0.39, 0.29) is 11.4 Å². The molecule has 2 nitrogen and oxygen atoms in total. The van der Waals surface area contributed by atoms with Gasteiger partial charge in [-0.1, -0.05) is 0 Å². The van der Waals surface area contributed by atoms with E-state index in [4.69, 9.17) is 0 Å². The average Bonchev–Trinajstić information content (AvgIpc) is 1.97. The third-order valence-corrected chi connectivity index (χ3v) is 1.48. The lowest BCUT2D eigenvalue weighted by atomic mass is 10.1. The second kappa shape index (κ2) is 2.53. The Balaban J connectivity index is 3.11. The minimum atomic E-state index is -1.89. The normalized spacial score (nSPS) is 25.6. The molecule has 0 aliphatic carbocycles. The number of ketones is 1. The minimum Gasteiger partial charge on any atom is -0.288 e. The number of carbonyl (C=O) groups excluding carboxylic acids is 1. The van der Waals surface area contributed by atoms with Crippen molar-refractivity contribution in [3.05, 3.63) is 11.5 Å². The molecule has 0 saturated heterocycles. The van der Waals surface area contributed by atoms with Crippen LogP contribution in [-0.2, 0) is 4.79 Å². The molecule has 0 saturated carbocycles. The van der Waals surface area contributed by atoms with E-state index in [9.17, 15) is 13.6 Å². The van der Waals surface area contributed by atoms with Gasteiger partial charge in [-0.25, -0.2) is 8.78 Å². The number of rotatable bonds is 0. The van der Waals surface area contributed by atoms with E-state index >= 15 is 0 Å². The Kier molecular flexibility index (Phi) is 1.85. The summed E-state index contributed by atoms with van der Waals surface area (Å²) in [6.07, 6.45) is -1.89. The van der Waals surface area contributed by atoms with E-state index in [2.05, 4.69) is 4.99 Å². The van der Waals surface area contributed by atoms with Gasteiger partial charge < -0.3 is 0 Å². The summed E-state index contributed by atoms with van der Waals surface area (Å²) in [5.74, 6) is -2.18. The van der Waals surface area contributed by atoms with Crippen molar-refractivity contribution in [2.75, 3.05) is 0 Å². The number of aliphatic imine (C=N–C) groups is 1. The third-order valence-electron chi connectivity index (χ3n) is 1.48. The monoisotopic (exact) mass is 159 g/mol. The summed E-state index contributed by atoms with van der Waals surface area (Å²) in [6, 6.07) is 0. The SMILES string of the molecule is CC1=NC(C)=C(F)C(=O)C1F. The van der Waals surface area contributed by atoms with Crippen LogP contribution in [0.2, 0.25) is 0 Å². The molecule has 0 spiro atoms. The molecule has 0 fully saturated rings. The molecule has 0 aromatic rings. The molecule has 1 rings (SSSR count). The van der Waals surface area contributed by atoms with E-state index in [0.29, 0.717) is 0 Å². The van der Waals surface area contributed by atoms with Gasteiger partial charge >= 0.3 is 0 Å². The van der Waals surface area contributed by atoms with Gasteiger partial charge in [-0.05, 0) is 13.8 Å². The lowest BCUT2D eigenvalue weighted by Crippen LogP contribution is -2.27. The Morgan fingerprint density at radius 1 is 1.45 bits per heavy atom. The van der Waals surface area contributed by atoms with Gasteiger partial charge in [-0.15, -0.1) is 0 Å². The van der Waals surface area contributed by atoms with Gasteiger partial charge in [-0.3, -0.25) is 9.79 Å². The first-order valence-corrected chi connectivity index (χ1v) is 3.14. The maximum absolute atomic E-state index is 12.6. The van der Waals surface area contributed by atoms with Gasteiger partial charge in [-0.2, -0.15) is 0 Å². The Hall–Kier alpha value is -1.06. The number of alkyl halides is 1. The Labute approximate surface area is 62.6 Å². The van der Waals surface area contributed by atoms with E-state index < -0.39 is 17.8 Å². The van der Waals surface area contributed by atoms with Crippen LogP contribution >= 0.6 is 0 Å². The highest BCUT2D eigenvalue weighted by atomic mass is 19.1. The summed E-state index contributed by atoms with van der Waals surface area (Å²) in [5.41, 5.74) is -0.0182. The largest absolute Gasteiger partial charge is 0.288 e. The highest BCUT2D eigenvalue weighted by molar-refractivity contribution is 6.15. The van der Waals surface area contributed by atoms with Crippen LogP contribution in [0.25, 0.3) is 0 Å². The molecule has 0 amide bonds. The zero-order valence-electron chi connectivity index (χ0n) is 6.19. The second-order valence-corrected chi connectivity index (χ2v) is 2.38. The standard InChI is InChI=1S/C7H7F2NO/c1-3-5(8)7(11)6(9)4(2)10-3/h5H,1-2H3. The van der Waals surface area contributed by atoms with Crippen LogP contribution in [0.3, 0.4) is 0 Å². The molecule has 0 bridgehead atoms. The molecule has 4 heteroatoms. The molecule has 1 heterocycles. The van der Waals surface area contributed by atoms with Crippen LogP contribution in [-0.4, -0.2) is 17.7 Å². The van der Waals surface area contributed by atoms with Gasteiger partial charge in [0.05, 0.1) is 11.4 Å². The zero-order valence-corrected chi connectivity index (χ0v) is 6.19. The Morgan fingerprint density at radius 3 is 2.55 bits per heavy atom. The summed E-state index contributed by atoms with van der Waals surface area (Å²) in [7, 11) is 0. The molecule has 0 aromatic carbocycles. The maximum Gasteiger partial charge on any atom is 0.232 e. The molecule has 0 radical (unpaired) electrons. The van der Waals surface area contributed by atoms with Crippen molar-refractivity contribution in [3.8, 4) is 0 Å². The second-order valence-electron chi connectivity index (χ2n) is 2.38. The quantitative estimate of drug-likeness (QED) is 0.527. The first-order valence-electron chi connectivity index (χ1n) is 3.14. The van der Waals surface area contributed by atoms with Crippen molar-refractivity contribution in [1.29, 1.82) is 0 Å². The maximum atomic E-state index is 12.6. The van der Waals surface area contributed by atoms with Crippen LogP contribution in [0.4, 0.5) is 8.78 Å². The van der Waals surface area contributed by atoms with Crippen molar-refractivity contribution in [2.24, 2.45) is 4.99 Å². The predicted octanol–water partition coefficient (Wildman–Crippen LogP) is 1.57. The molecule has 1 unspecified atom stereocenters. The molecule has 60 valence electrons. The summed E-state index contributed by atoms with van der Waals surface area (Å²) in [5, 5.41) is 0. The van der Waals surface area contributed by atoms with Crippen molar-refractivity contribution in [1.82, 2.24) is 0 Å². The number of nitrogens with zero attached hydrogens (tertiary/aromatic N) is 1. The number of carbonyl (C=O) groups is 1. The Bertz CT molecular complexity index is 266. The van der Waals surface area contributed by atoms with Crippen LogP contribution < -0.4 is 0 Å². The van der Waals surface area contributed by atoms with E-state index in [1.54, 1.807) is 0 Å². The van der Waals surface area contributed by atoms with Gasteiger partial charge in [0, 0.05) is 0 Å². The molecular weight excluding hydrogens is 152 g/mol. The molecule has 1 aliphatic heterocycles. The number of hydrogen-bond acceptors (Lipinski definition) is 2. The Morgan fingerprint density at radius 2 is 2.00 bits per heavy atom. The summed E-state index contributed by atoms with van der Waals surface area (Å²) >= 11 is 0. The lowest BCUT2D eigenvalue weighted by molar-refractivity contribution is -0.119. The van der Waals surface area contributed by atoms with Crippen molar-refractivity contribution in [3.63, 3.8) is 0 Å². The fourth-order valence-electron chi connectivity index (χ4n) is 0.850.